The van der Waals surface area contributed by atoms with Crippen LogP contribution in [0.2, 0.25) is 0 Å². The van der Waals surface area contributed by atoms with Crippen molar-refractivity contribution in [2.45, 2.75) is 51.0 Å². The summed E-state index contributed by atoms with van der Waals surface area (Å²) in [6.07, 6.45) is 13.6. The molecule has 0 saturated carbocycles. The van der Waals surface area contributed by atoms with E-state index in [-0.39, 0.29) is 17.9 Å². The molecule has 0 spiro atoms. The van der Waals surface area contributed by atoms with Gasteiger partial charge in [0.05, 0.1) is 18.3 Å². The highest BCUT2D eigenvalue weighted by Gasteiger charge is 2.33. The Bertz CT molecular complexity index is 1580. The molecular formula is C30H33N7O3S. The van der Waals surface area contributed by atoms with Crippen LogP contribution >= 0.6 is 11.3 Å². The van der Waals surface area contributed by atoms with Gasteiger partial charge in [0.1, 0.15) is 22.9 Å². The number of carbonyl (C=O) groups excluding carboxylic acids is 2. The van der Waals surface area contributed by atoms with E-state index in [1.165, 1.54) is 11.3 Å². The summed E-state index contributed by atoms with van der Waals surface area (Å²) in [6, 6.07) is 7.15. The monoisotopic (exact) mass is 571 g/mol. The smallest absolute Gasteiger partial charge is 0.257 e. The summed E-state index contributed by atoms with van der Waals surface area (Å²) in [7, 11) is 1.63. The first kappa shape index (κ1) is 27.1. The Labute approximate surface area is 242 Å². The minimum atomic E-state index is -0.195. The Morgan fingerprint density at radius 3 is 2.78 bits per heavy atom. The van der Waals surface area contributed by atoms with Gasteiger partial charge in [0.25, 0.3) is 5.91 Å². The third-order valence-electron chi connectivity index (χ3n) is 7.69. The molecule has 1 aliphatic carbocycles. The number of ether oxygens (including phenoxy) is 1. The molecule has 41 heavy (non-hydrogen) atoms. The summed E-state index contributed by atoms with van der Waals surface area (Å²) >= 11 is 1.57. The molecule has 1 aliphatic heterocycles. The number of rotatable bonds is 8. The van der Waals surface area contributed by atoms with Crippen LogP contribution in [0.5, 0.6) is 0 Å². The number of carbonyl (C=O) groups is 2. The number of imidazole rings is 1. The van der Waals surface area contributed by atoms with Crippen LogP contribution < -0.4 is 11.1 Å². The highest BCUT2D eigenvalue weighted by atomic mass is 32.1. The Hall–Kier alpha value is -4.09. The van der Waals surface area contributed by atoms with Gasteiger partial charge in [-0.05, 0) is 50.7 Å². The first-order chi connectivity index (χ1) is 20.0. The summed E-state index contributed by atoms with van der Waals surface area (Å²) in [5.74, 6) is 0.968. The summed E-state index contributed by atoms with van der Waals surface area (Å²) < 4.78 is 6.98. The van der Waals surface area contributed by atoms with Crippen LogP contribution in [-0.4, -0.2) is 56.3 Å². The Morgan fingerprint density at radius 1 is 1.15 bits per heavy atom. The van der Waals surface area contributed by atoms with Crippen molar-refractivity contribution in [3.05, 3.63) is 70.8 Å². The van der Waals surface area contributed by atoms with Gasteiger partial charge in [-0.2, -0.15) is 0 Å². The zero-order valence-electron chi connectivity index (χ0n) is 23.0. The predicted molar refractivity (Wildman–Crippen MR) is 159 cm³/mol. The molecule has 0 radical (unpaired) electrons. The number of nitrogen functional groups attached to an aromatic ring is 1. The molecule has 1 unspecified atom stereocenters. The van der Waals surface area contributed by atoms with Crippen LogP contribution in [0.3, 0.4) is 0 Å². The number of hydrogen-bond donors (Lipinski definition) is 2. The number of benzene rings is 1. The zero-order valence-corrected chi connectivity index (χ0v) is 23.8. The number of fused-ring (bicyclic) bond motifs is 2. The van der Waals surface area contributed by atoms with Crippen LogP contribution in [0.15, 0.2) is 48.8 Å². The summed E-state index contributed by atoms with van der Waals surface area (Å²) in [4.78, 5) is 43.2. The molecule has 2 aliphatic rings. The Morgan fingerprint density at radius 2 is 1.98 bits per heavy atom. The van der Waals surface area contributed by atoms with Gasteiger partial charge in [0.15, 0.2) is 5.13 Å². The maximum absolute atomic E-state index is 13.1. The number of aryl methyl sites for hydroxylation is 2. The van der Waals surface area contributed by atoms with Crippen molar-refractivity contribution in [3.63, 3.8) is 0 Å². The third kappa shape index (κ3) is 5.47. The number of methoxy groups -OCH3 is 1. The van der Waals surface area contributed by atoms with Gasteiger partial charge >= 0.3 is 0 Å². The van der Waals surface area contributed by atoms with E-state index in [0.29, 0.717) is 47.3 Å². The van der Waals surface area contributed by atoms with Crippen LogP contribution in [0.4, 0.5) is 10.9 Å². The molecule has 4 heterocycles. The number of amides is 2. The molecule has 6 rings (SSSR count). The van der Waals surface area contributed by atoms with Crippen molar-refractivity contribution >= 4 is 39.6 Å². The normalized spacial score (nSPS) is 16.9. The summed E-state index contributed by atoms with van der Waals surface area (Å²) in [5, 5.41) is 3.61. The number of nitrogens with two attached hydrogens (primary N) is 1. The molecule has 1 atom stereocenters. The fourth-order valence-corrected chi connectivity index (χ4v) is 6.72. The molecule has 3 aromatic heterocycles. The second-order valence-electron chi connectivity index (χ2n) is 10.4. The first-order valence-corrected chi connectivity index (χ1v) is 14.8. The van der Waals surface area contributed by atoms with Crippen molar-refractivity contribution in [3.8, 4) is 11.3 Å². The van der Waals surface area contributed by atoms with Crippen molar-refractivity contribution in [1.82, 2.24) is 24.3 Å². The van der Waals surface area contributed by atoms with Gasteiger partial charge in [-0.1, -0.05) is 24.3 Å². The van der Waals surface area contributed by atoms with Gasteiger partial charge < -0.3 is 15.4 Å². The van der Waals surface area contributed by atoms with Gasteiger partial charge in [-0.25, -0.2) is 15.0 Å². The number of anilines is 2. The van der Waals surface area contributed by atoms with Crippen LogP contribution in [0, 0.1) is 0 Å². The molecule has 0 bridgehead atoms. The summed E-state index contributed by atoms with van der Waals surface area (Å²) in [5.41, 5.74) is 10.2. The van der Waals surface area contributed by atoms with Gasteiger partial charge in [-0.15, -0.1) is 11.3 Å². The fourth-order valence-electron chi connectivity index (χ4n) is 5.68. The van der Waals surface area contributed by atoms with E-state index >= 15 is 0 Å². The quantitative estimate of drug-likeness (QED) is 0.290. The van der Waals surface area contributed by atoms with Crippen molar-refractivity contribution in [2.75, 3.05) is 31.3 Å². The maximum atomic E-state index is 13.1. The lowest BCUT2D eigenvalue weighted by Crippen LogP contribution is -2.31. The largest absolute Gasteiger partial charge is 0.382 e. The number of nitrogens with one attached hydrogen (secondary N) is 1. The van der Waals surface area contributed by atoms with E-state index in [4.69, 9.17) is 15.5 Å². The number of aromatic nitrogens is 4. The minimum Gasteiger partial charge on any atom is -0.382 e. The van der Waals surface area contributed by atoms with Crippen LogP contribution in [-0.2, 0) is 22.4 Å². The number of thiazole rings is 1. The zero-order chi connectivity index (χ0) is 28.3. The molecular weight excluding hydrogens is 538 g/mol. The lowest BCUT2D eigenvalue weighted by atomic mass is 10.0. The standard InChI is InChI=1S/C30H33N7O3S/c1-40-18-5-4-10-24(38)36-16-6-8-22(36)28-34-25(26-27(31)32-15-17-37(26)28)19-11-13-20(14-12-19)29(39)35-30-33-21-7-2-3-9-23(21)41-30/h4-5,11-15,17,22H,2-3,6-10,16,18H2,1H3,(H2,31,32)(H,33,35,39). The molecule has 1 saturated heterocycles. The summed E-state index contributed by atoms with van der Waals surface area (Å²) in [6.45, 7) is 1.16. The molecule has 2 amide bonds. The van der Waals surface area contributed by atoms with Crippen molar-refractivity contribution in [2.24, 2.45) is 0 Å². The third-order valence-corrected chi connectivity index (χ3v) is 8.76. The number of likely N-dealkylation sites (tertiary alicyclic amines) is 1. The topological polar surface area (TPSA) is 128 Å². The van der Waals surface area contributed by atoms with Gasteiger partial charge in [0.2, 0.25) is 5.91 Å². The van der Waals surface area contributed by atoms with Gasteiger partial charge in [-0.3, -0.25) is 19.3 Å². The highest BCUT2D eigenvalue weighted by Crippen LogP contribution is 2.37. The second kappa shape index (κ2) is 11.8. The molecule has 1 fully saturated rings. The lowest BCUT2D eigenvalue weighted by Gasteiger charge is -2.23. The Balaban J connectivity index is 1.26. The van der Waals surface area contributed by atoms with Crippen LogP contribution in [0.25, 0.3) is 16.8 Å². The van der Waals surface area contributed by atoms with Gasteiger partial charge in [0, 0.05) is 48.5 Å². The molecule has 11 heteroatoms. The lowest BCUT2D eigenvalue weighted by molar-refractivity contribution is -0.131. The molecule has 212 valence electrons. The molecule has 4 aromatic rings. The van der Waals surface area contributed by atoms with E-state index < -0.39 is 0 Å². The number of hydrogen-bond acceptors (Lipinski definition) is 8. The van der Waals surface area contributed by atoms with Crippen molar-refractivity contribution < 1.29 is 14.3 Å². The number of nitrogens with zero attached hydrogens (tertiary/aromatic N) is 5. The SMILES string of the molecule is COCC=CCC(=O)N1CCCC1c1nc(-c2ccc(C(=O)Nc3nc4c(s3)CCCC4)cc2)c2c(N)nccn12. The second-order valence-corrected chi connectivity index (χ2v) is 11.4. The fraction of sp³-hybridized carbons (Fsp3) is 0.367. The Kier molecular flexibility index (Phi) is 7.80. The van der Waals surface area contributed by atoms with Crippen molar-refractivity contribution in [1.29, 1.82) is 0 Å². The molecule has 10 nitrogen and oxygen atoms in total. The van der Waals surface area contributed by atoms with E-state index in [2.05, 4.69) is 15.3 Å². The van der Waals surface area contributed by atoms with E-state index in [1.807, 2.05) is 39.8 Å². The average Bonchev–Trinajstić information content (AvgIpc) is 3.72. The molecule has 1 aromatic carbocycles. The van der Waals surface area contributed by atoms with E-state index in [1.54, 1.807) is 36.8 Å². The highest BCUT2D eigenvalue weighted by molar-refractivity contribution is 7.15. The molecule has 3 N–H and O–H groups in total. The van der Waals surface area contributed by atoms with Crippen LogP contribution in [0.1, 0.15) is 64.9 Å². The maximum Gasteiger partial charge on any atom is 0.257 e. The van der Waals surface area contributed by atoms with E-state index in [9.17, 15) is 9.59 Å². The first-order valence-electron chi connectivity index (χ1n) is 14.0. The van der Waals surface area contributed by atoms with E-state index in [0.717, 1.165) is 49.2 Å². The minimum absolute atomic E-state index is 0.0524. The predicted octanol–water partition coefficient (Wildman–Crippen LogP) is 4.82. The average molecular weight is 572 g/mol.